The molecule has 0 aliphatic carbocycles. The highest BCUT2D eigenvalue weighted by atomic mass is 16.5. The smallest absolute Gasteiger partial charge is 0.159 e. The molecule has 3 rings (SSSR count). The summed E-state index contributed by atoms with van der Waals surface area (Å²) in [4.78, 5) is 12.8. The molecular formula is C13H17N5O2. The lowest BCUT2D eigenvalue weighted by atomic mass is 10.0. The number of imidazole rings is 1. The van der Waals surface area contributed by atoms with E-state index in [0.29, 0.717) is 37.8 Å². The van der Waals surface area contributed by atoms with Gasteiger partial charge in [-0.1, -0.05) is 0 Å². The molecule has 1 saturated heterocycles. The molecule has 7 nitrogen and oxygen atoms in total. The average molecular weight is 275 g/mol. The van der Waals surface area contributed by atoms with E-state index in [4.69, 9.17) is 4.74 Å². The molecule has 1 unspecified atom stereocenters. The Kier molecular flexibility index (Phi) is 3.37. The Balaban J connectivity index is 1.73. The first-order chi connectivity index (χ1) is 9.66. The lowest BCUT2D eigenvalue weighted by Crippen LogP contribution is -2.37. The molecule has 0 aromatic carbocycles. The molecule has 2 N–H and O–H groups in total. The first-order valence-electron chi connectivity index (χ1n) is 6.53. The van der Waals surface area contributed by atoms with E-state index in [1.807, 2.05) is 17.7 Å². The Labute approximate surface area is 116 Å². The first-order valence-corrected chi connectivity index (χ1v) is 6.53. The van der Waals surface area contributed by atoms with Crippen LogP contribution in [-0.4, -0.2) is 50.0 Å². The van der Waals surface area contributed by atoms with Crippen molar-refractivity contribution in [1.29, 1.82) is 0 Å². The van der Waals surface area contributed by atoms with Gasteiger partial charge >= 0.3 is 0 Å². The van der Waals surface area contributed by atoms with Gasteiger partial charge in [0.05, 0.1) is 19.0 Å². The maximum absolute atomic E-state index is 10.2. The molecule has 106 valence electrons. The third kappa shape index (κ3) is 2.63. The molecule has 1 aliphatic rings. The number of anilines is 1. The van der Waals surface area contributed by atoms with Gasteiger partial charge in [0.25, 0.3) is 0 Å². The highest BCUT2D eigenvalue weighted by molar-refractivity contribution is 5.37. The molecule has 1 aliphatic heterocycles. The van der Waals surface area contributed by atoms with E-state index in [1.54, 1.807) is 18.6 Å². The molecule has 2 aromatic rings. The van der Waals surface area contributed by atoms with E-state index in [1.165, 1.54) is 0 Å². The monoisotopic (exact) mass is 275 g/mol. The highest BCUT2D eigenvalue weighted by Crippen LogP contribution is 2.19. The van der Waals surface area contributed by atoms with Crippen LogP contribution < -0.4 is 5.32 Å². The molecule has 1 fully saturated rings. The predicted molar refractivity (Wildman–Crippen MR) is 72.8 cm³/mol. The number of aliphatic hydroxyl groups is 1. The second-order valence-corrected chi connectivity index (χ2v) is 4.99. The van der Waals surface area contributed by atoms with Crippen LogP contribution in [-0.2, 0) is 4.74 Å². The van der Waals surface area contributed by atoms with Crippen molar-refractivity contribution >= 4 is 5.82 Å². The first kappa shape index (κ1) is 13.0. The summed E-state index contributed by atoms with van der Waals surface area (Å²) in [6.45, 7) is 3.25. The van der Waals surface area contributed by atoms with E-state index >= 15 is 0 Å². The Morgan fingerprint density at radius 1 is 1.50 bits per heavy atom. The summed E-state index contributed by atoms with van der Waals surface area (Å²) in [6.07, 6.45) is 7.49. The van der Waals surface area contributed by atoms with Crippen LogP contribution in [0.4, 0.5) is 5.82 Å². The van der Waals surface area contributed by atoms with Crippen LogP contribution in [0.2, 0.25) is 0 Å². The molecule has 0 bridgehead atoms. The number of hydrogen-bond donors (Lipinski definition) is 2. The second kappa shape index (κ2) is 5.18. The standard InChI is InChI=1S/C13H17N5O2/c1-10-15-3-4-18(10)12-7-14-6-11(17-12)16-8-13(19)2-5-20-9-13/h3-4,6-7,19H,2,5,8-9H2,1H3,(H,16,17). The summed E-state index contributed by atoms with van der Waals surface area (Å²) in [6, 6.07) is 0. The van der Waals surface area contributed by atoms with Crippen LogP contribution in [0.15, 0.2) is 24.8 Å². The Morgan fingerprint density at radius 3 is 3.10 bits per heavy atom. The minimum absolute atomic E-state index is 0.355. The van der Waals surface area contributed by atoms with E-state index in [-0.39, 0.29) is 0 Å². The molecule has 7 heteroatoms. The van der Waals surface area contributed by atoms with Gasteiger partial charge in [-0.2, -0.15) is 0 Å². The number of hydrogen-bond acceptors (Lipinski definition) is 6. The zero-order valence-electron chi connectivity index (χ0n) is 11.3. The van der Waals surface area contributed by atoms with Gasteiger partial charge in [0.2, 0.25) is 0 Å². The van der Waals surface area contributed by atoms with Gasteiger partial charge in [-0.15, -0.1) is 0 Å². The van der Waals surface area contributed by atoms with Crippen molar-refractivity contribution in [1.82, 2.24) is 19.5 Å². The lowest BCUT2D eigenvalue weighted by Gasteiger charge is -2.20. The van der Waals surface area contributed by atoms with E-state index < -0.39 is 5.60 Å². The maximum atomic E-state index is 10.2. The van der Waals surface area contributed by atoms with Crippen LogP contribution in [0.5, 0.6) is 0 Å². The van der Waals surface area contributed by atoms with Crippen LogP contribution >= 0.6 is 0 Å². The Hall–Kier alpha value is -1.99. The van der Waals surface area contributed by atoms with Crippen molar-refractivity contribution in [2.75, 3.05) is 25.1 Å². The fourth-order valence-corrected chi connectivity index (χ4v) is 2.17. The molecular weight excluding hydrogens is 258 g/mol. The van der Waals surface area contributed by atoms with Crippen molar-refractivity contribution in [3.63, 3.8) is 0 Å². The molecule has 0 radical (unpaired) electrons. The summed E-state index contributed by atoms with van der Waals surface area (Å²) in [5.41, 5.74) is -0.817. The number of aryl methyl sites for hydroxylation is 1. The number of ether oxygens (including phenoxy) is 1. The van der Waals surface area contributed by atoms with Gasteiger partial charge < -0.3 is 15.2 Å². The minimum atomic E-state index is -0.817. The van der Waals surface area contributed by atoms with Crippen LogP contribution in [0.3, 0.4) is 0 Å². The van der Waals surface area contributed by atoms with E-state index in [9.17, 15) is 5.11 Å². The number of nitrogens with one attached hydrogen (secondary N) is 1. The maximum Gasteiger partial charge on any atom is 0.159 e. The van der Waals surface area contributed by atoms with E-state index in [2.05, 4.69) is 20.3 Å². The summed E-state index contributed by atoms with van der Waals surface area (Å²) in [7, 11) is 0. The van der Waals surface area contributed by atoms with Crippen molar-refractivity contribution < 1.29 is 9.84 Å². The van der Waals surface area contributed by atoms with Crippen molar-refractivity contribution in [3.8, 4) is 5.82 Å². The molecule has 0 saturated carbocycles. The van der Waals surface area contributed by atoms with Gasteiger partial charge in [0.15, 0.2) is 5.82 Å². The third-order valence-corrected chi connectivity index (χ3v) is 3.38. The zero-order chi connectivity index (χ0) is 14.0. The van der Waals surface area contributed by atoms with E-state index in [0.717, 1.165) is 5.82 Å². The number of nitrogens with zero attached hydrogens (tertiary/aromatic N) is 4. The van der Waals surface area contributed by atoms with Crippen LogP contribution in [0.1, 0.15) is 12.2 Å². The fraction of sp³-hybridized carbons (Fsp3) is 0.462. The summed E-state index contributed by atoms with van der Waals surface area (Å²) >= 11 is 0. The molecule has 0 amide bonds. The van der Waals surface area contributed by atoms with Gasteiger partial charge in [-0.3, -0.25) is 9.55 Å². The van der Waals surface area contributed by atoms with Crippen molar-refractivity contribution in [3.05, 3.63) is 30.6 Å². The number of aromatic nitrogens is 4. The molecule has 2 aromatic heterocycles. The average Bonchev–Trinajstić information content (AvgIpc) is 3.06. The Morgan fingerprint density at radius 2 is 2.40 bits per heavy atom. The highest BCUT2D eigenvalue weighted by Gasteiger charge is 2.32. The fourth-order valence-electron chi connectivity index (χ4n) is 2.17. The van der Waals surface area contributed by atoms with Crippen molar-refractivity contribution in [2.24, 2.45) is 0 Å². The molecule has 3 heterocycles. The summed E-state index contributed by atoms with van der Waals surface area (Å²) in [5.74, 6) is 2.16. The summed E-state index contributed by atoms with van der Waals surface area (Å²) < 4.78 is 7.06. The zero-order valence-corrected chi connectivity index (χ0v) is 11.3. The van der Waals surface area contributed by atoms with Gasteiger partial charge in [-0.25, -0.2) is 9.97 Å². The minimum Gasteiger partial charge on any atom is -0.386 e. The van der Waals surface area contributed by atoms with Crippen molar-refractivity contribution in [2.45, 2.75) is 18.9 Å². The van der Waals surface area contributed by atoms with Gasteiger partial charge in [-0.05, 0) is 6.92 Å². The van der Waals surface area contributed by atoms with Crippen LogP contribution in [0.25, 0.3) is 5.82 Å². The quantitative estimate of drug-likeness (QED) is 0.847. The van der Waals surface area contributed by atoms with Gasteiger partial charge in [0.1, 0.15) is 17.2 Å². The predicted octanol–water partition coefficient (Wildman–Crippen LogP) is 0.534. The van der Waals surface area contributed by atoms with Gasteiger partial charge in [0, 0.05) is 32.0 Å². The summed E-state index contributed by atoms with van der Waals surface area (Å²) in [5, 5.41) is 13.3. The third-order valence-electron chi connectivity index (χ3n) is 3.38. The Bertz CT molecular complexity index is 592. The number of rotatable bonds is 4. The second-order valence-electron chi connectivity index (χ2n) is 4.99. The molecule has 20 heavy (non-hydrogen) atoms. The normalized spacial score (nSPS) is 22.1. The lowest BCUT2D eigenvalue weighted by molar-refractivity contribution is 0.0381. The molecule has 1 atom stereocenters. The van der Waals surface area contributed by atoms with Crippen LogP contribution in [0, 0.1) is 6.92 Å². The largest absolute Gasteiger partial charge is 0.386 e. The topological polar surface area (TPSA) is 85.1 Å². The molecule has 0 spiro atoms. The SMILES string of the molecule is Cc1nccn1-c1cncc(NCC2(O)CCOC2)n1.